The predicted octanol–water partition coefficient (Wildman–Crippen LogP) is 0.532. The number of nitrogens with zero attached hydrogens (tertiary/aromatic N) is 3. The summed E-state index contributed by atoms with van der Waals surface area (Å²) in [6.45, 7) is 4.06. The minimum Gasteiger partial charge on any atom is -0.494 e. The van der Waals surface area contributed by atoms with Crippen molar-refractivity contribution in [1.29, 1.82) is 0 Å². The number of benzene rings is 1. The largest absolute Gasteiger partial charge is 0.494 e. The highest BCUT2D eigenvalue weighted by Gasteiger charge is 2.25. The maximum absolute atomic E-state index is 12.4. The van der Waals surface area contributed by atoms with Crippen molar-refractivity contribution < 1.29 is 19.1 Å². The van der Waals surface area contributed by atoms with Gasteiger partial charge in [0, 0.05) is 32.2 Å². The summed E-state index contributed by atoms with van der Waals surface area (Å²) in [7, 11) is 0. The van der Waals surface area contributed by atoms with Crippen LogP contribution in [0, 0.1) is 0 Å². The lowest BCUT2D eigenvalue weighted by Gasteiger charge is -2.34. The number of amides is 2. The minimum atomic E-state index is -0.362. The number of hydrogen-bond acceptors (Lipinski definition) is 6. The molecule has 1 aromatic carbocycles. The van der Waals surface area contributed by atoms with Gasteiger partial charge in [-0.15, -0.1) is 0 Å². The van der Waals surface area contributed by atoms with E-state index >= 15 is 0 Å². The number of H-pyrrole nitrogens is 1. The fourth-order valence-corrected chi connectivity index (χ4v) is 2.82. The molecule has 2 heterocycles. The van der Waals surface area contributed by atoms with Gasteiger partial charge in [0.2, 0.25) is 0 Å². The number of hydrogen-bond donors (Lipinski definition) is 1. The van der Waals surface area contributed by atoms with E-state index in [1.54, 1.807) is 34.1 Å². The van der Waals surface area contributed by atoms with Gasteiger partial charge in [0.1, 0.15) is 17.2 Å². The third-order valence-corrected chi connectivity index (χ3v) is 4.31. The summed E-state index contributed by atoms with van der Waals surface area (Å²) in [5, 5.41) is 6.00. The lowest BCUT2D eigenvalue weighted by Crippen LogP contribution is -2.51. The number of piperazine rings is 1. The summed E-state index contributed by atoms with van der Waals surface area (Å²) in [5.41, 5.74) is -0.183. The highest BCUT2D eigenvalue weighted by atomic mass is 16.5. The van der Waals surface area contributed by atoms with Crippen molar-refractivity contribution in [2.45, 2.75) is 6.92 Å². The van der Waals surface area contributed by atoms with Crippen LogP contribution in [0.4, 0.5) is 0 Å². The Morgan fingerprint density at radius 2 is 1.57 bits per heavy atom. The first-order valence-corrected chi connectivity index (χ1v) is 9.05. The molecule has 9 heteroatoms. The predicted molar refractivity (Wildman–Crippen MR) is 100 cm³/mol. The van der Waals surface area contributed by atoms with Gasteiger partial charge in [0.25, 0.3) is 17.4 Å². The molecule has 2 amide bonds. The monoisotopic (exact) mass is 386 g/mol. The standard InChI is InChI=1S/C19H22N4O5/c1-2-27-14-3-5-15(6-4-14)28-13-18(25)22-9-11-23(12-10-22)19(26)16-7-8-17(24)21-20-16/h3-8H,2,9-13H2,1H3,(H,21,24). The van der Waals surface area contributed by atoms with Crippen molar-refractivity contribution in [3.8, 4) is 11.5 Å². The van der Waals surface area contributed by atoms with E-state index in [9.17, 15) is 14.4 Å². The van der Waals surface area contributed by atoms with Crippen molar-refractivity contribution in [2.24, 2.45) is 0 Å². The molecular weight excluding hydrogens is 364 g/mol. The van der Waals surface area contributed by atoms with Crippen molar-refractivity contribution in [3.05, 3.63) is 52.4 Å². The second-order valence-electron chi connectivity index (χ2n) is 6.17. The molecule has 0 radical (unpaired) electrons. The summed E-state index contributed by atoms with van der Waals surface area (Å²) in [5.74, 6) is 0.936. The van der Waals surface area contributed by atoms with Crippen LogP contribution in [0.2, 0.25) is 0 Å². The normalized spacial score (nSPS) is 13.9. The molecule has 28 heavy (non-hydrogen) atoms. The van der Waals surface area contributed by atoms with E-state index in [2.05, 4.69) is 10.2 Å². The van der Waals surface area contributed by atoms with Crippen LogP contribution >= 0.6 is 0 Å². The quantitative estimate of drug-likeness (QED) is 0.777. The van der Waals surface area contributed by atoms with Crippen molar-refractivity contribution in [2.75, 3.05) is 39.4 Å². The zero-order valence-corrected chi connectivity index (χ0v) is 15.6. The first kappa shape index (κ1) is 19.4. The molecule has 9 nitrogen and oxygen atoms in total. The van der Waals surface area contributed by atoms with Crippen LogP contribution in [0.1, 0.15) is 17.4 Å². The summed E-state index contributed by atoms with van der Waals surface area (Å²) in [6, 6.07) is 9.75. The Balaban J connectivity index is 1.46. The van der Waals surface area contributed by atoms with Crippen LogP contribution in [-0.4, -0.2) is 71.2 Å². The number of carbonyl (C=O) groups excluding carboxylic acids is 2. The number of aromatic amines is 1. The fourth-order valence-electron chi connectivity index (χ4n) is 2.82. The van der Waals surface area contributed by atoms with Crippen LogP contribution in [0.15, 0.2) is 41.2 Å². The van der Waals surface area contributed by atoms with Crippen molar-refractivity contribution in [3.63, 3.8) is 0 Å². The first-order valence-electron chi connectivity index (χ1n) is 9.05. The van der Waals surface area contributed by atoms with Gasteiger partial charge in [-0.2, -0.15) is 5.10 Å². The van der Waals surface area contributed by atoms with E-state index in [-0.39, 0.29) is 29.7 Å². The second kappa shape index (κ2) is 9.03. The summed E-state index contributed by atoms with van der Waals surface area (Å²) < 4.78 is 10.9. The molecule has 0 unspecified atom stereocenters. The van der Waals surface area contributed by atoms with Crippen LogP contribution in [0.25, 0.3) is 0 Å². The van der Waals surface area contributed by atoms with Gasteiger partial charge in [0.05, 0.1) is 6.61 Å². The molecule has 2 aromatic rings. The van der Waals surface area contributed by atoms with Crippen LogP contribution in [0.3, 0.4) is 0 Å². The minimum absolute atomic E-state index is 0.0661. The Hall–Kier alpha value is -3.36. The van der Waals surface area contributed by atoms with Crippen molar-refractivity contribution in [1.82, 2.24) is 20.0 Å². The van der Waals surface area contributed by atoms with E-state index in [0.29, 0.717) is 38.5 Å². The number of carbonyl (C=O) groups is 2. The molecule has 0 bridgehead atoms. The zero-order valence-electron chi connectivity index (χ0n) is 15.6. The third-order valence-electron chi connectivity index (χ3n) is 4.31. The molecule has 1 aliphatic heterocycles. The summed E-state index contributed by atoms with van der Waals surface area (Å²) in [4.78, 5) is 39.0. The van der Waals surface area contributed by atoms with E-state index in [0.717, 1.165) is 5.75 Å². The zero-order chi connectivity index (χ0) is 19.9. The topological polar surface area (TPSA) is 105 Å². The lowest BCUT2D eigenvalue weighted by atomic mass is 10.2. The molecule has 148 valence electrons. The number of rotatable bonds is 6. The highest BCUT2D eigenvalue weighted by molar-refractivity contribution is 5.92. The molecule has 1 aliphatic rings. The average molecular weight is 386 g/mol. The smallest absolute Gasteiger partial charge is 0.274 e. The van der Waals surface area contributed by atoms with E-state index in [1.165, 1.54) is 12.1 Å². The van der Waals surface area contributed by atoms with Gasteiger partial charge >= 0.3 is 0 Å². The van der Waals surface area contributed by atoms with E-state index in [1.807, 2.05) is 6.92 Å². The average Bonchev–Trinajstić information content (AvgIpc) is 2.73. The van der Waals surface area contributed by atoms with Crippen LogP contribution in [-0.2, 0) is 4.79 Å². The number of nitrogens with one attached hydrogen (secondary N) is 1. The van der Waals surface area contributed by atoms with Crippen LogP contribution in [0.5, 0.6) is 11.5 Å². The van der Waals surface area contributed by atoms with E-state index in [4.69, 9.17) is 9.47 Å². The summed E-state index contributed by atoms with van der Waals surface area (Å²) in [6.07, 6.45) is 0. The van der Waals surface area contributed by atoms with Gasteiger partial charge in [-0.25, -0.2) is 5.10 Å². The fraction of sp³-hybridized carbons (Fsp3) is 0.368. The Morgan fingerprint density at radius 3 is 2.14 bits per heavy atom. The molecule has 3 rings (SSSR count). The lowest BCUT2D eigenvalue weighted by molar-refractivity contribution is -0.134. The molecular formula is C19H22N4O5. The SMILES string of the molecule is CCOc1ccc(OCC(=O)N2CCN(C(=O)c3ccc(=O)[nH]n3)CC2)cc1. The Kier molecular flexibility index (Phi) is 6.25. The van der Waals surface area contributed by atoms with Crippen molar-refractivity contribution >= 4 is 11.8 Å². The molecule has 1 fully saturated rings. The van der Waals surface area contributed by atoms with Gasteiger partial charge in [-0.1, -0.05) is 0 Å². The molecule has 1 N–H and O–H groups in total. The maximum atomic E-state index is 12.4. The third kappa shape index (κ3) is 4.87. The molecule has 0 atom stereocenters. The molecule has 0 saturated carbocycles. The number of aromatic nitrogens is 2. The molecule has 1 saturated heterocycles. The Morgan fingerprint density at radius 1 is 0.964 bits per heavy atom. The van der Waals surface area contributed by atoms with Gasteiger partial charge in [-0.3, -0.25) is 14.4 Å². The molecule has 1 aromatic heterocycles. The molecule has 0 aliphatic carbocycles. The van der Waals surface area contributed by atoms with Gasteiger partial charge < -0.3 is 19.3 Å². The highest BCUT2D eigenvalue weighted by Crippen LogP contribution is 2.17. The summed E-state index contributed by atoms with van der Waals surface area (Å²) >= 11 is 0. The maximum Gasteiger partial charge on any atom is 0.274 e. The Bertz CT molecular complexity index is 852. The Labute approximate surface area is 161 Å². The van der Waals surface area contributed by atoms with Gasteiger partial charge in [-0.05, 0) is 37.3 Å². The van der Waals surface area contributed by atoms with Gasteiger partial charge in [0.15, 0.2) is 6.61 Å². The molecule has 0 spiro atoms. The second-order valence-corrected chi connectivity index (χ2v) is 6.17. The van der Waals surface area contributed by atoms with Crippen LogP contribution < -0.4 is 15.0 Å². The first-order chi connectivity index (χ1) is 13.6. The number of ether oxygens (including phenoxy) is 2. The van der Waals surface area contributed by atoms with E-state index < -0.39 is 0 Å².